The van der Waals surface area contributed by atoms with Crippen LogP contribution in [0.2, 0.25) is 0 Å². The lowest BCUT2D eigenvalue weighted by molar-refractivity contribution is 0.0697. The number of thiol groups is 1. The van der Waals surface area contributed by atoms with Gasteiger partial charge in [-0.2, -0.15) is 17.6 Å². The highest BCUT2D eigenvalue weighted by molar-refractivity contribution is 7.83. The summed E-state index contributed by atoms with van der Waals surface area (Å²) >= 11 is 4.06. The Labute approximate surface area is 168 Å². The number of halogens is 1. The summed E-state index contributed by atoms with van der Waals surface area (Å²) in [5, 5.41) is 14.2. The van der Waals surface area contributed by atoms with Crippen LogP contribution in [0.5, 0.6) is 0 Å². The third-order valence-corrected chi connectivity index (χ3v) is 4.03. The van der Waals surface area contributed by atoms with E-state index in [0.29, 0.717) is 12.0 Å². The monoisotopic (exact) mass is 400 g/mol. The van der Waals surface area contributed by atoms with Gasteiger partial charge in [-0.15, -0.1) is 0 Å². The maximum atomic E-state index is 14.7. The smallest absolute Gasteiger partial charge is 0.335 e. The first-order valence-corrected chi connectivity index (χ1v) is 9.21. The molecule has 0 atom stereocenters. The minimum atomic E-state index is -1.06. The Balaban J connectivity index is 2.26. The van der Waals surface area contributed by atoms with Crippen LogP contribution in [0.3, 0.4) is 0 Å². The van der Waals surface area contributed by atoms with E-state index in [0.717, 1.165) is 12.0 Å². The number of carbonyl (C=O) groups is 1. The Morgan fingerprint density at radius 1 is 1.36 bits per heavy atom. The highest BCUT2D eigenvalue weighted by Gasteiger charge is 2.17. The average Bonchev–Trinajstić information content (AvgIpc) is 3.17. The summed E-state index contributed by atoms with van der Waals surface area (Å²) in [5.74, 6) is -1.46. The number of nitrogens with zero attached hydrogens (tertiary/aromatic N) is 2. The molecule has 0 fully saturated rings. The van der Waals surface area contributed by atoms with Gasteiger partial charge in [0.1, 0.15) is 5.83 Å². The highest BCUT2D eigenvalue weighted by atomic mass is 32.1. The third-order valence-electron chi connectivity index (χ3n) is 3.77. The van der Waals surface area contributed by atoms with Gasteiger partial charge in [0.15, 0.2) is 0 Å². The predicted molar refractivity (Wildman–Crippen MR) is 111 cm³/mol. The van der Waals surface area contributed by atoms with Crippen molar-refractivity contribution in [2.24, 2.45) is 0 Å². The molecule has 0 bridgehead atoms. The number of hydrogen-bond donors (Lipinski definition) is 2. The molecule has 146 valence electrons. The molecule has 1 heterocycles. The molecule has 5 nitrogen and oxygen atoms in total. The summed E-state index contributed by atoms with van der Waals surface area (Å²) in [4.78, 5) is 15.3. The zero-order valence-corrected chi connectivity index (χ0v) is 16.5. The van der Waals surface area contributed by atoms with Gasteiger partial charge in [0, 0.05) is 5.56 Å². The highest BCUT2D eigenvalue weighted by Crippen LogP contribution is 2.27. The first kappa shape index (κ1) is 21.4. The van der Waals surface area contributed by atoms with E-state index in [1.807, 2.05) is 32.1 Å². The molecule has 1 aromatic heterocycles. The van der Waals surface area contributed by atoms with E-state index in [-0.39, 0.29) is 22.9 Å². The van der Waals surface area contributed by atoms with Crippen LogP contribution in [-0.2, 0) is 0 Å². The molecule has 1 aromatic carbocycles. The van der Waals surface area contributed by atoms with E-state index < -0.39 is 11.8 Å². The summed E-state index contributed by atoms with van der Waals surface area (Å²) < 4.78 is 19.8. The lowest BCUT2D eigenvalue weighted by Crippen LogP contribution is -1.96. The van der Waals surface area contributed by atoms with E-state index in [4.69, 9.17) is 9.63 Å². The average molecular weight is 400 g/mol. The van der Waals surface area contributed by atoms with Gasteiger partial charge in [-0.05, 0) is 49.0 Å². The maximum Gasteiger partial charge on any atom is 0.335 e. The predicted octanol–water partition coefficient (Wildman–Crippen LogP) is 5.86. The quantitative estimate of drug-likeness (QED) is 0.429. The van der Waals surface area contributed by atoms with Crippen molar-refractivity contribution < 1.29 is 18.8 Å². The summed E-state index contributed by atoms with van der Waals surface area (Å²) in [6, 6.07) is 6.11. The molecular weight excluding hydrogens is 379 g/mol. The molecule has 0 radical (unpaired) electrons. The molecule has 2 aromatic rings. The van der Waals surface area contributed by atoms with Crippen LogP contribution in [0.1, 0.15) is 42.9 Å². The second-order valence-corrected chi connectivity index (χ2v) is 6.05. The SMILES string of the molecule is C/C=C\C(=C/CC)C/C=C(F)\C(=C/S)c1nc(-c2cccc(C(=O)O)c2)no1. The lowest BCUT2D eigenvalue weighted by Gasteiger charge is -2.00. The Bertz CT molecular complexity index is 958. The van der Waals surface area contributed by atoms with Crippen molar-refractivity contribution in [2.75, 3.05) is 0 Å². The van der Waals surface area contributed by atoms with Gasteiger partial charge in [-0.3, -0.25) is 0 Å². The van der Waals surface area contributed by atoms with Gasteiger partial charge in [-0.25, -0.2) is 9.18 Å². The normalized spacial score (nSPS) is 13.4. The van der Waals surface area contributed by atoms with Gasteiger partial charge >= 0.3 is 5.97 Å². The first-order valence-electron chi connectivity index (χ1n) is 8.70. The molecule has 0 aliphatic carbocycles. The second-order valence-electron chi connectivity index (χ2n) is 5.80. The molecule has 0 aliphatic heterocycles. The zero-order valence-electron chi connectivity index (χ0n) is 15.6. The van der Waals surface area contributed by atoms with Crippen LogP contribution >= 0.6 is 12.6 Å². The maximum absolute atomic E-state index is 14.7. The van der Waals surface area contributed by atoms with Crippen LogP contribution in [-0.4, -0.2) is 21.2 Å². The molecule has 1 N–H and O–H groups in total. The molecule has 0 aliphatic rings. The van der Waals surface area contributed by atoms with Crippen molar-refractivity contribution in [2.45, 2.75) is 26.7 Å². The Morgan fingerprint density at radius 3 is 2.79 bits per heavy atom. The van der Waals surface area contributed by atoms with E-state index in [1.165, 1.54) is 23.6 Å². The fraction of sp³-hybridized carbons (Fsp3) is 0.190. The van der Waals surface area contributed by atoms with Crippen molar-refractivity contribution in [1.29, 1.82) is 0 Å². The molecule has 0 saturated heterocycles. The molecule has 0 spiro atoms. The molecular formula is C21H21FN2O3S. The standard InChI is InChI=1S/C21H21FN2O3S/c1-3-6-14(7-4-2)10-11-18(22)17(13-28)20-23-19(24-27-20)15-8-5-9-16(12-15)21(25)26/h3,5-9,11-13,28H,4,10H2,1-2H3,(H,25,26)/b6-3-,14-7+,17-13+,18-11+. The van der Waals surface area contributed by atoms with Crippen LogP contribution in [0.25, 0.3) is 17.0 Å². The molecule has 28 heavy (non-hydrogen) atoms. The largest absolute Gasteiger partial charge is 0.478 e. The Morgan fingerprint density at radius 2 is 2.14 bits per heavy atom. The van der Waals surface area contributed by atoms with E-state index in [1.54, 1.807) is 12.1 Å². The van der Waals surface area contributed by atoms with Gasteiger partial charge in [0.05, 0.1) is 11.1 Å². The molecule has 2 rings (SSSR count). The third kappa shape index (κ3) is 5.53. The summed E-state index contributed by atoms with van der Waals surface area (Å²) in [5.41, 5.74) is 1.61. The van der Waals surface area contributed by atoms with E-state index in [9.17, 15) is 9.18 Å². The number of aromatic carboxylic acids is 1. The Kier molecular flexibility index (Phi) is 7.95. The van der Waals surface area contributed by atoms with Crippen LogP contribution in [0.4, 0.5) is 4.39 Å². The molecule has 0 saturated carbocycles. The van der Waals surface area contributed by atoms with E-state index in [2.05, 4.69) is 22.8 Å². The molecule has 0 unspecified atom stereocenters. The first-order chi connectivity index (χ1) is 13.5. The van der Waals surface area contributed by atoms with Crippen molar-refractivity contribution >= 4 is 24.2 Å². The van der Waals surface area contributed by atoms with Crippen molar-refractivity contribution in [3.8, 4) is 11.4 Å². The van der Waals surface area contributed by atoms with Crippen molar-refractivity contribution in [1.82, 2.24) is 10.1 Å². The van der Waals surface area contributed by atoms with Gasteiger partial charge in [-0.1, -0.05) is 42.4 Å². The fourth-order valence-corrected chi connectivity index (χ4v) is 2.71. The minimum Gasteiger partial charge on any atom is -0.478 e. The van der Waals surface area contributed by atoms with Gasteiger partial charge in [0.25, 0.3) is 5.89 Å². The molecule has 0 amide bonds. The lowest BCUT2D eigenvalue weighted by atomic mass is 10.1. The summed E-state index contributed by atoms with van der Waals surface area (Å²) in [7, 11) is 0. The van der Waals surface area contributed by atoms with Crippen LogP contribution < -0.4 is 0 Å². The van der Waals surface area contributed by atoms with Gasteiger partial charge in [0.2, 0.25) is 5.82 Å². The number of benzene rings is 1. The Hall–Kier alpha value is -2.93. The fourth-order valence-electron chi connectivity index (χ4n) is 2.47. The topological polar surface area (TPSA) is 76.2 Å². The van der Waals surface area contributed by atoms with E-state index >= 15 is 0 Å². The second kappa shape index (κ2) is 10.4. The van der Waals surface area contributed by atoms with Crippen LogP contribution in [0, 0.1) is 0 Å². The number of rotatable bonds is 8. The number of aromatic nitrogens is 2. The summed E-state index contributed by atoms with van der Waals surface area (Å²) in [6.45, 7) is 3.92. The number of carboxylic acids is 1. The summed E-state index contributed by atoms with van der Waals surface area (Å²) in [6.07, 6.45) is 8.55. The van der Waals surface area contributed by atoms with Crippen molar-refractivity contribution in [3.63, 3.8) is 0 Å². The number of carboxylic acid groups (broad SMARTS) is 1. The van der Waals surface area contributed by atoms with Crippen molar-refractivity contribution in [3.05, 3.63) is 76.8 Å². The number of hydrogen-bond acceptors (Lipinski definition) is 5. The minimum absolute atomic E-state index is 0.0356. The zero-order chi connectivity index (χ0) is 20.5. The van der Waals surface area contributed by atoms with Gasteiger partial charge < -0.3 is 9.63 Å². The van der Waals surface area contributed by atoms with Crippen LogP contribution in [0.15, 0.2) is 69.9 Å². The molecule has 7 heteroatoms. The number of allylic oxidation sites excluding steroid dienone is 7.